The highest BCUT2D eigenvalue weighted by atomic mass is 32.2. The fraction of sp³-hybridized carbons (Fsp3) is 1.00. The maximum absolute atomic E-state index is 10.8. The minimum Gasteiger partial charge on any atom is -0.312 e. The van der Waals surface area contributed by atoms with Gasteiger partial charge in [0.2, 0.25) is 10.0 Å². The minimum absolute atomic E-state index is 0.00494. The molecule has 0 spiro atoms. The van der Waals surface area contributed by atoms with Crippen LogP contribution in [0, 0.1) is 5.92 Å². The van der Waals surface area contributed by atoms with Crippen molar-refractivity contribution in [3.8, 4) is 0 Å². The molecule has 0 rings (SSSR count). The van der Waals surface area contributed by atoms with Crippen molar-refractivity contribution in [2.45, 2.75) is 26.3 Å². The van der Waals surface area contributed by atoms with Gasteiger partial charge < -0.3 is 10.2 Å². The van der Waals surface area contributed by atoms with Gasteiger partial charge in [-0.3, -0.25) is 0 Å². The molecule has 0 radical (unpaired) electrons. The molecular formula is C10H25N3O2S. The summed E-state index contributed by atoms with van der Waals surface area (Å²) in [6, 6.07) is 0.316. The first-order chi connectivity index (χ1) is 7.20. The Labute approximate surface area is 99.4 Å². The van der Waals surface area contributed by atoms with E-state index in [-0.39, 0.29) is 5.75 Å². The Morgan fingerprint density at radius 1 is 1.31 bits per heavy atom. The van der Waals surface area contributed by atoms with Crippen molar-refractivity contribution in [3.63, 3.8) is 0 Å². The molecule has 0 aromatic rings. The predicted octanol–water partition coefficient (Wildman–Crippen LogP) is -0.159. The minimum atomic E-state index is -3.35. The van der Waals surface area contributed by atoms with Crippen molar-refractivity contribution in [2.75, 3.05) is 32.9 Å². The number of hydrogen-bond acceptors (Lipinski definition) is 4. The van der Waals surface area contributed by atoms with Gasteiger partial charge in [0.05, 0.1) is 5.75 Å². The third-order valence-corrected chi connectivity index (χ3v) is 2.93. The van der Waals surface area contributed by atoms with Crippen molar-refractivity contribution in [3.05, 3.63) is 0 Å². The molecule has 16 heavy (non-hydrogen) atoms. The molecule has 0 aromatic heterocycles. The summed E-state index contributed by atoms with van der Waals surface area (Å²) in [5.74, 6) is 0.585. The second-order valence-corrected chi connectivity index (χ2v) is 6.64. The number of likely N-dealkylation sites (N-methyl/N-ethyl adjacent to an activating group) is 1. The Morgan fingerprint density at radius 3 is 2.25 bits per heavy atom. The average Bonchev–Trinajstić information content (AvgIpc) is 1.98. The maximum Gasteiger partial charge on any atom is 0.210 e. The smallest absolute Gasteiger partial charge is 0.210 e. The number of hydrogen-bond donors (Lipinski definition) is 2. The maximum atomic E-state index is 10.8. The van der Waals surface area contributed by atoms with Gasteiger partial charge in [-0.25, -0.2) is 13.6 Å². The van der Waals surface area contributed by atoms with Crippen molar-refractivity contribution >= 4 is 10.0 Å². The Balaban J connectivity index is 4.01. The van der Waals surface area contributed by atoms with Crippen molar-refractivity contribution < 1.29 is 8.42 Å². The van der Waals surface area contributed by atoms with Crippen LogP contribution in [0.15, 0.2) is 0 Å². The van der Waals surface area contributed by atoms with Gasteiger partial charge >= 0.3 is 0 Å². The van der Waals surface area contributed by atoms with Crippen LogP contribution in [0.1, 0.15) is 20.3 Å². The monoisotopic (exact) mass is 251 g/mol. The van der Waals surface area contributed by atoms with Gasteiger partial charge in [0.15, 0.2) is 0 Å². The molecule has 0 aliphatic carbocycles. The molecule has 0 aliphatic heterocycles. The molecule has 0 heterocycles. The summed E-state index contributed by atoms with van der Waals surface area (Å²) in [6.07, 6.45) is 1.03. The average molecular weight is 251 g/mol. The lowest BCUT2D eigenvalue weighted by molar-refractivity contribution is 0.309. The Morgan fingerprint density at radius 2 is 1.88 bits per heavy atom. The van der Waals surface area contributed by atoms with Crippen molar-refractivity contribution in [1.82, 2.24) is 10.2 Å². The molecule has 0 saturated heterocycles. The second-order valence-electron chi connectivity index (χ2n) is 4.91. The summed E-state index contributed by atoms with van der Waals surface area (Å²) >= 11 is 0. The zero-order valence-corrected chi connectivity index (χ0v) is 11.5. The third kappa shape index (κ3) is 10.4. The largest absolute Gasteiger partial charge is 0.312 e. The standard InChI is InChI=1S/C10H25N3O2S/c1-9(2)7-10(8-13(3)4)12-5-6-16(11,14)15/h9-10,12H,5-8H2,1-4H3,(H2,11,14,15). The number of rotatable bonds is 8. The van der Waals surface area contributed by atoms with Gasteiger partial charge in [-0.2, -0.15) is 0 Å². The summed E-state index contributed by atoms with van der Waals surface area (Å²) < 4.78 is 21.6. The molecule has 3 N–H and O–H groups in total. The molecule has 0 aromatic carbocycles. The number of nitrogens with one attached hydrogen (secondary N) is 1. The lowest BCUT2D eigenvalue weighted by Gasteiger charge is -2.23. The zero-order valence-electron chi connectivity index (χ0n) is 10.7. The number of sulfonamides is 1. The van der Waals surface area contributed by atoms with Crippen LogP contribution < -0.4 is 10.5 Å². The van der Waals surface area contributed by atoms with E-state index in [0.29, 0.717) is 18.5 Å². The van der Waals surface area contributed by atoms with E-state index in [1.54, 1.807) is 0 Å². The molecule has 1 unspecified atom stereocenters. The highest BCUT2D eigenvalue weighted by Gasteiger charge is 2.12. The van der Waals surface area contributed by atoms with Gasteiger partial charge in [0.1, 0.15) is 0 Å². The molecule has 0 bridgehead atoms. The van der Waals surface area contributed by atoms with E-state index >= 15 is 0 Å². The highest BCUT2D eigenvalue weighted by Crippen LogP contribution is 2.05. The lowest BCUT2D eigenvalue weighted by atomic mass is 10.0. The van der Waals surface area contributed by atoms with E-state index < -0.39 is 10.0 Å². The summed E-state index contributed by atoms with van der Waals surface area (Å²) in [4.78, 5) is 2.09. The first-order valence-electron chi connectivity index (χ1n) is 5.59. The fourth-order valence-electron chi connectivity index (χ4n) is 1.64. The van der Waals surface area contributed by atoms with Crippen LogP contribution >= 0.6 is 0 Å². The molecule has 6 heteroatoms. The van der Waals surface area contributed by atoms with Crippen LogP contribution in [0.25, 0.3) is 0 Å². The summed E-state index contributed by atoms with van der Waals surface area (Å²) in [6.45, 7) is 5.64. The topological polar surface area (TPSA) is 75.4 Å². The molecular weight excluding hydrogens is 226 g/mol. The first kappa shape index (κ1) is 15.8. The van der Waals surface area contributed by atoms with Gasteiger partial charge in [0, 0.05) is 19.1 Å². The molecule has 5 nitrogen and oxygen atoms in total. The van der Waals surface area contributed by atoms with Gasteiger partial charge in [-0.05, 0) is 26.4 Å². The molecule has 0 amide bonds. The van der Waals surface area contributed by atoms with Crippen LogP contribution in [0.4, 0.5) is 0 Å². The van der Waals surface area contributed by atoms with Crippen molar-refractivity contribution in [1.29, 1.82) is 0 Å². The zero-order chi connectivity index (χ0) is 12.8. The Kier molecular flexibility index (Phi) is 7.14. The van der Waals surface area contributed by atoms with Crippen LogP contribution in [0.5, 0.6) is 0 Å². The van der Waals surface area contributed by atoms with E-state index in [1.165, 1.54) is 0 Å². The third-order valence-electron chi connectivity index (χ3n) is 2.16. The Hall–Kier alpha value is -0.170. The Bertz CT molecular complexity index is 266. The normalized spacial score (nSPS) is 14.7. The number of primary sulfonamides is 1. The fourth-order valence-corrected chi connectivity index (χ4v) is 2.04. The predicted molar refractivity (Wildman–Crippen MR) is 67.8 cm³/mol. The van der Waals surface area contributed by atoms with Gasteiger partial charge in [-0.1, -0.05) is 13.8 Å². The summed E-state index contributed by atoms with van der Waals surface area (Å²) in [5, 5.41) is 8.18. The van der Waals surface area contributed by atoms with E-state index in [9.17, 15) is 8.42 Å². The van der Waals surface area contributed by atoms with Gasteiger partial charge in [-0.15, -0.1) is 0 Å². The van der Waals surface area contributed by atoms with E-state index in [0.717, 1.165) is 13.0 Å². The second kappa shape index (κ2) is 7.21. The number of nitrogens with zero attached hydrogens (tertiary/aromatic N) is 1. The van der Waals surface area contributed by atoms with Crippen LogP contribution in [-0.4, -0.2) is 52.3 Å². The molecule has 98 valence electrons. The number of nitrogens with two attached hydrogens (primary N) is 1. The molecule has 0 saturated carbocycles. The summed E-state index contributed by atoms with van der Waals surface area (Å²) in [5.41, 5.74) is 0. The van der Waals surface area contributed by atoms with E-state index in [4.69, 9.17) is 5.14 Å². The lowest BCUT2D eigenvalue weighted by Crippen LogP contribution is -2.41. The van der Waals surface area contributed by atoms with Gasteiger partial charge in [0.25, 0.3) is 0 Å². The summed E-state index contributed by atoms with van der Waals surface area (Å²) in [7, 11) is 0.664. The molecule has 0 aliphatic rings. The van der Waals surface area contributed by atoms with Crippen LogP contribution in [0.2, 0.25) is 0 Å². The molecule has 0 fully saturated rings. The van der Waals surface area contributed by atoms with Crippen LogP contribution in [-0.2, 0) is 10.0 Å². The van der Waals surface area contributed by atoms with E-state index in [2.05, 4.69) is 24.1 Å². The van der Waals surface area contributed by atoms with E-state index in [1.807, 2.05) is 14.1 Å². The van der Waals surface area contributed by atoms with Crippen molar-refractivity contribution in [2.24, 2.45) is 11.1 Å². The first-order valence-corrected chi connectivity index (χ1v) is 7.31. The SMILES string of the molecule is CC(C)CC(CN(C)C)NCCS(N)(=O)=O. The van der Waals surface area contributed by atoms with Crippen LogP contribution in [0.3, 0.4) is 0 Å². The molecule has 1 atom stereocenters. The quantitative estimate of drug-likeness (QED) is 0.628. The highest BCUT2D eigenvalue weighted by molar-refractivity contribution is 7.89.